The van der Waals surface area contributed by atoms with Crippen LogP contribution in [0.1, 0.15) is 108 Å². The van der Waals surface area contributed by atoms with Crippen molar-refractivity contribution < 1.29 is 55.8 Å². The Morgan fingerprint density at radius 2 is 1.58 bits per heavy atom. The van der Waals surface area contributed by atoms with Gasteiger partial charge in [-0.1, -0.05) is 107 Å². The highest BCUT2D eigenvalue weighted by Gasteiger charge is 2.72. The lowest BCUT2D eigenvalue weighted by atomic mass is 9.79. The highest BCUT2D eigenvalue weighted by Crippen LogP contribution is 2.50. The molecule has 0 saturated carbocycles. The second kappa shape index (κ2) is 19.5. The SMILES string of the molecule is CC(C)C[C@H]1C(=O)N2CCC[C@H]2[C@]2(O)O[C@](NC(=O)[C@@H]3C=C4c5cccc6[nH]c(Br)c(c56)C[C@H]4N(C)C3)(C(C)C)C(=O)N12.O=C(OC1C[C@H]2CC[C@@H](C1)[N+]21CCCC1)C(O)(c1ccccc1)c1ccccc1.[Cl-]. The normalized spacial score (nSPS) is 30.9. The number of H-pyrrole nitrogens is 1. The van der Waals surface area contributed by atoms with E-state index in [1.54, 1.807) is 43.0 Å². The predicted molar refractivity (Wildman–Crippen MR) is 275 cm³/mol. The number of hydrogen-bond acceptors (Lipinski definition) is 9. The molecule has 4 N–H and O–H groups in total. The van der Waals surface area contributed by atoms with Crippen LogP contribution in [0.15, 0.2) is 89.5 Å². The fraction of sp³-hybridized carbons (Fsp3) is 0.544. The minimum Gasteiger partial charge on any atom is -1.00 e. The van der Waals surface area contributed by atoms with Crippen molar-refractivity contribution in [2.45, 2.75) is 145 Å². The molecule has 2 bridgehead atoms. The second-order valence-corrected chi connectivity index (χ2v) is 23.6. The van der Waals surface area contributed by atoms with E-state index in [1.165, 1.54) is 59.1 Å². The number of piperidine rings is 1. The van der Waals surface area contributed by atoms with E-state index >= 15 is 0 Å². The van der Waals surface area contributed by atoms with Crippen LogP contribution in [0.5, 0.6) is 0 Å². The van der Waals surface area contributed by atoms with E-state index in [-0.39, 0.29) is 42.3 Å². The average Bonchev–Trinajstić information content (AvgIpc) is 4.20. The molecular formula is C57H70BrClN6O8. The molecule has 73 heavy (non-hydrogen) atoms. The Balaban J connectivity index is 0.000000178. The number of esters is 1. The van der Waals surface area contributed by atoms with Crippen LogP contribution in [0.3, 0.4) is 0 Å². The number of aliphatic hydroxyl groups is 2. The molecule has 1 aliphatic carbocycles. The highest BCUT2D eigenvalue weighted by atomic mass is 79.9. The van der Waals surface area contributed by atoms with Crippen molar-refractivity contribution in [2.75, 3.05) is 33.2 Å². The van der Waals surface area contributed by atoms with Crippen molar-refractivity contribution in [3.8, 4) is 0 Å². The van der Waals surface area contributed by atoms with Crippen LogP contribution in [-0.4, -0.2) is 139 Å². The van der Waals surface area contributed by atoms with Crippen LogP contribution in [0.2, 0.25) is 0 Å². The molecule has 1 spiro atoms. The quantitative estimate of drug-likeness (QED) is 0.144. The Kier molecular flexibility index (Phi) is 13.9. The van der Waals surface area contributed by atoms with Crippen molar-refractivity contribution >= 4 is 56.1 Å². The highest BCUT2D eigenvalue weighted by molar-refractivity contribution is 9.10. The number of nitrogens with one attached hydrogen (secondary N) is 2. The molecule has 6 fully saturated rings. The number of rotatable bonds is 9. The maximum atomic E-state index is 14.4. The molecule has 9 atom stereocenters. The topological polar surface area (TPSA) is 165 Å². The van der Waals surface area contributed by atoms with Crippen molar-refractivity contribution in [1.82, 2.24) is 25.0 Å². The summed E-state index contributed by atoms with van der Waals surface area (Å²) >= 11 is 3.70. The maximum Gasteiger partial charge on any atom is 0.347 e. The number of amides is 3. The molecular weight excluding hydrogens is 1010 g/mol. The number of benzene rings is 3. The number of halogens is 2. The van der Waals surface area contributed by atoms with E-state index in [9.17, 15) is 29.4 Å². The first kappa shape index (κ1) is 51.9. The number of fused-ring (bicyclic) bond motifs is 5. The first-order chi connectivity index (χ1) is 34.5. The third kappa shape index (κ3) is 8.29. The number of quaternary nitrogens is 1. The van der Waals surface area contributed by atoms with Gasteiger partial charge < -0.3 is 47.0 Å². The van der Waals surface area contributed by atoms with E-state index in [0.717, 1.165) is 46.9 Å². The van der Waals surface area contributed by atoms with Crippen LogP contribution in [0.25, 0.3) is 16.5 Å². The van der Waals surface area contributed by atoms with E-state index in [4.69, 9.17) is 9.47 Å². The molecule has 1 aromatic heterocycles. The summed E-state index contributed by atoms with van der Waals surface area (Å²) in [5.41, 5.74) is 2.00. The Morgan fingerprint density at radius 3 is 2.19 bits per heavy atom. The Morgan fingerprint density at radius 1 is 0.932 bits per heavy atom. The van der Waals surface area contributed by atoms with E-state index in [1.807, 2.05) is 69.4 Å². The summed E-state index contributed by atoms with van der Waals surface area (Å²) in [6, 6.07) is 24.3. The molecule has 8 aliphatic rings. The van der Waals surface area contributed by atoms with Crippen LogP contribution in [-0.2, 0) is 40.7 Å². The van der Waals surface area contributed by atoms with Crippen LogP contribution in [0, 0.1) is 17.8 Å². The van der Waals surface area contributed by atoms with Crippen molar-refractivity contribution in [3.05, 3.63) is 112 Å². The monoisotopic (exact) mass is 1080 g/mol. The molecule has 4 aromatic rings. The molecule has 0 radical (unpaired) electrons. The lowest BCUT2D eigenvalue weighted by molar-refractivity contribution is -0.956. The lowest BCUT2D eigenvalue weighted by Crippen LogP contribution is -3.00. The average molecular weight is 1080 g/mol. The van der Waals surface area contributed by atoms with Crippen molar-refractivity contribution in [2.24, 2.45) is 17.8 Å². The van der Waals surface area contributed by atoms with Gasteiger partial charge in [0.2, 0.25) is 23.1 Å². The molecule has 12 rings (SSSR count). The van der Waals surface area contributed by atoms with Gasteiger partial charge in [-0.05, 0) is 88.5 Å². The van der Waals surface area contributed by atoms with Gasteiger partial charge in [-0.25, -0.2) is 4.79 Å². The third-order valence-corrected chi connectivity index (χ3v) is 18.6. The fourth-order valence-corrected chi connectivity index (χ4v) is 15.0. The molecule has 3 aromatic carbocycles. The number of ether oxygens (including phenoxy) is 2. The number of likely N-dealkylation sites (N-methyl/N-ethyl adjacent to an activating group) is 1. The lowest BCUT2D eigenvalue weighted by Gasteiger charge is -2.49. The number of piperazine rings is 1. The van der Waals surface area contributed by atoms with E-state index < -0.39 is 53.0 Å². The molecule has 16 heteroatoms. The smallest absolute Gasteiger partial charge is 0.347 e. The molecule has 7 aliphatic heterocycles. The number of aromatic nitrogens is 1. The van der Waals surface area contributed by atoms with Crippen LogP contribution >= 0.6 is 15.9 Å². The summed E-state index contributed by atoms with van der Waals surface area (Å²) in [6.07, 6.45) is 11.4. The zero-order valence-electron chi connectivity index (χ0n) is 42.6. The second-order valence-electron chi connectivity index (χ2n) is 22.8. The summed E-state index contributed by atoms with van der Waals surface area (Å²) in [4.78, 5) is 64.2. The van der Waals surface area contributed by atoms with Crippen molar-refractivity contribution in [1.29, 1.82) is 0 Å². The third-order valence-electron chi connectivity index (χ3n) is 18.0. The van der Waals surface area contributed by atoms with Gasteiger partial charge in [0.15, 0.2) is 0 Å². The van der Waals surface area contributed by atoms with Gasteiger partial charge in [-0.15, -0.1) is 0 Å². The number of hydrogen-bond donors (Lipinski definition) is 4. The summed E-state index contributed by atoms with van der Waals surface area (Å²) in [7, 11) is 2.03. The summed E-state index contributed by atoms with van der Waals surface area (Å²) < 4.78 is 14.8. The molecule has 390 valence electrons. The standard InChI is InChI=1S/C32H40BrN5O5.C25H30NO3.ClH/c1-16(2)12-24-29(40)37-11-7-10-25(37)32(42)38(24)30(41)31(43-32,17(3)4)35-28(39)18-13-20-19-8-6-9-22-26(19)21(27(33)34-22)14-23(20)36(5)15-18;27-24(25(28,19-9-3-1-4-10-19)20-11-5-2-6-12-20)29-23-17-21-13-14-22(18-23)26(21)15-7-8-16-26;/h6,8-9,13,16-18,23-25,34,42H,7,10-12,14-15H2,1-5H3,(H,35,39);1-6,9-12,21-23,28H,7-8,13-18H2;1H/q;+1;/p-1/t18-,23-,24+,25+,31-,32+;21-,22+,23?;/m1../s1. The summed E-state index contributed by atoms with van der Waals surface area (Å²) in [5.74, 6) is -4.56. The summed E-state index contributed by atoms with van der Waals surface area (Å²) in [5, 5.41) is 27.9. The minimum absolute atomic E-state index is 0. The van der Waals surface area contributed by atoms with E-state index in [2.05, 4.69) is 43.3 Å². The molecule has 3 amide bonds. The first-order valence-electron chi connectivity index (χ1n) is 26.5. The van der Waals surface area contributed by atoms with Gasteiger partial charge in [-0.3, -0.25) is 28.9 Å². The first-order valence-corrected chi connectivity index (χ1v) is 27.3. The number of carbonyl (C=O) groups excluding carboxylic acids is 4. The van der Waals surface area contributed by atoms with Crippen LogP contribution < -0.4 is 17.7 Å². The number of nitrogens with zero attached hydrogens (tertiary/aromatic N) is 4. The fourth-order valence-electron chi connectivity index (χ4n) is 14.5. The van der Waals surface area contributed by atoms with E-state index in [0.29, 0.717) is 49.1 Å². The Labute approximate surface area is 442 Å². The Bertz CT molecular complexity index is 2750. The molecule has 14 nitrogen and oxygen atoms in total. The van der Waals surface area contributed by atoms with Gasteiger partial charge in [0.05, 0.1) is 35.7 Å². The van der Waals surface area contributed by atoms with Gasteiger partial charge in [0, 0.05) is 74.5 Å². The summed E-state index contributed by atoms with van der Waals surface area (Å²) in [6.45, 7) is 11.2. The number of aromatic amines is 1. The maximum absolute atomic E-state index is 14.4. The zero-order valence-corrected chi connectivity index (χ0v) is 44.9. The van der Waals surface area contributed by atoms with Gasteiger partial charge >= 0.3 is 5.97 Å². The molecule has 8 heterocycles. The number of carbonyl (C=O) groups is 4. The molecule has 1 unspecified atom stereocenters. The molecule has 6 saturated heterocycles. The predicted octanol–water partition coefficient (Wildman–Crippen LogP) is 3.97. The minimum atomic E-state index is -2.01. The largest absolute Gasteiger partial charge is 1.00 e. The van der Waals surface area contributed by atoms with Gasteiger partial charge in [0.25, 0.3) is 11.8 Å². The van der Waals surface area contributed by atoms with Gasteiger partial charge in [0.1, 0.15) is 18.2 Å². The van der Waals surface area contributed by atoms with Crippen LogP contribution in [0.4, 0.5) is 0 Å². The van der Waals surface area contributed by atoms with Gasteiger partial charge in [-0.2, -0.15) is 0 Å². The Hall–Kier alpha value is -4.61. The van der Waals surface area contributed by atoms with Crippen molar-refractivity contribution in [3.63, 3.8) is 0 Å². The zero-order chi connectivity index (χ0) is 50.5.